The number of benzene rings is 2. The molecule has 0 saturated heterocycles. The normalized spacial score (nSPS) is 16.7. The molecule has 2 aromatic carbocycles. The average molecular weight is 422 g/mol. The van der Waals surface area contributed by atoms with Gasteiger partial charge in [0.2, 0.25) is 12.7 Å². The maximum Gasteiger partial charge on any atom is 0.314 e. The minimum atomic E-state index is -0.530. The number of aromatic amines is 1. The summed E-state index contributed by atoms with van der Waals surface area (Å²) in [6.45, 7) is 4.17. The molecule has 1 saturated carbocycles. The van der Waals surface area contributed by atoms with Crippen LogP contribution in [0.4, 0.5) is 5.69 Å². The third-order valence-corrected chi connectivity index (χ3v) is 6.12. The number of carbonyl (C=O) groups is 2. The largest absolute Gasteiger partial charge is 0.465 e. The van der Waals surface area contributed by atoms with Crippen LogP contribution >= 0.6 is 0 Å². The predicted molar refractivity (Wildman–Crippen MR) is 118 cm³/mol. The van der Waals surface area contributed by atoms with E-state index < -0.39 is 5.41 Å². The topological polar surface area (TPSA) is 89.7 Å². The average Bonchev–Trinajstić information content (AvgIpc) is 3.26. The monoisotopic (exact) mass is 422 g/mol. The third kappa shape index (κ3) is 3.40. The van der Waals surface area contributed by atoms with Crippen LogP contribution in [0.3, 0.4) is 0 Å². The van der Waals surface area contributed by atoms with E-state index in [9.17, 15) is 9.59 Å². The smallest absolute Gasteiger partial charge is 0.314 e. The van der Waals surface area contributed by atoms with Crippen molar-refractivity contribution in [3.8, 4) is 11.5 Å². The molecule has 7 nitrogen and oxygen atoms in total. The van der Waals surface area contributed by atoms with Gasteiger partial charge in [0, 0.05) is 23.7 Å². The van der Waals surface area contributed by atoms with Crippen LogP contribution in [0.2, 0.25) is 0 Å². The van der Waals surface area contributed by atoms with Gasteiger partial charge in [0.05, 0.1) is 17.9 Å². The molecule has 1 unspecified atom stereocenters. The Hall–Kier alpha value is -3.48. The number of ether oxygens (including phenoxy) is 3. The van der Waals surface area contributed by atoms with Gasteiger partial charge < -0.3 is 24.5 Å². The minimum absolute atomic E-state index is 0. The lowest BCUT2D eigenvalue weighted by Gasteiger charge is -2.16. The summed E-state index contributed by atoms with van der Waals surface area (Å²) in [5.41, 5.74) is 2.83. The van der Waals surface area contributed by atoms with E-state index in [2.05, 4.69) is 10.3 Å². The van der Waals surface area contributed by atoms with E-state index in [1.807, 2.05) is 49.4 Å². The number of hydrogen-bond acceptors (Lipinski definition) is 5. The molecule has 2 heterocycles. The van der Waals surface area contributed by atoms with Crippen molar-refractivity contribution in [1.82, 2.24) is 4.98 Å². The summed E-state index contributed by atoms with van der Waals surface area (Å²) in [5.74, 6) is 0.730. The number of nitrogens with one attached hydrogen (secondary N) is 2. The van der Waals surface area contributed by atoms with Gasteiger partial charge in [0.15, 0.2) is 11.5 Å². The first-order valence-electron chi connectivity index (χ1n) is 10.5. The van der Waals surface area contributed by atoms with Crippen LogP contribution in [0.5, 0.6) is 11.5 Å². The van der Waals surface area contributed by atoms with Crippen molar-refractivity contribution < 1.29 is 25.2 Å². The first kappa shape index (κ1) is 19.5. The molecule has 0 radical (unpaired) electrons. The zero-order chi connectivity index (χ0) is 21.6. The van der Waals surface area contributed by atoms with Crippen LogP contribution in [-0.2, 0) is 19.7 Å². The summed E-state index contributed by atoms with van der Waals surface area (Å²) in [6, 6.07) is 13.3. The second-order valence-corrected chi connectivity index (χ2v) is 8.10. The first-order chi connectivity index (χ1) is 15.0. The van der Waals surface area contributed by atoms with Crippen molar-refractivity contribution in [2.75, 3.05) is 18.7 Å². The third-order valence-electron chi connectivity index (χ3n) is 6.12. The molecule has 1 atom stereocenters. The molecule has 7 heteroatoms. The second-order valence-electron chi connectivity index (χ2n) is 8.10. The molecule has 5 rings (SSSR count). The number of hydrogen-bond donors (Lipinski definition) is 2. The highest BCUT2D eigenvalue weighted by Gasteiger charge is 2.51. The van der Waals surface area contributed by atoms with Gasteiger partial charge in [-0.3, -0.25) is 9.59 Å². The Bertz CT molecular complexity index is 1180. The molecule has 3 aromatic rings. The van der Waals surface area contributed by atoms with Crippen LogP contribution in [0.1, 0.15) is 45.3 Å². The quantitative estimate of drug-likeness (QED) is 0.572. The Labute approximate surface area is 181 Å². The summed E-state index contributed by atoms with van der Waals surface area (Å²) in [5, 5.41) is 4.00. The van der Waals surface area contributed by atoms with Crippen molar-refractivity contribution in [3.05, 3.63) is 53.7 Å². The molecule has 1 aliphatic heterocycles. The highest BCUT2D eigenvalue weighted by molar-refractivity contribution is 6.02. The van der Waals surface area contributed by atoms with Crippen molar-refractivity contribution in [1.29, 1.82) is 0 Å². The van der Waals surface area contributed by atoms with Crippen molar-refractivity contribution >= 4 is 28.5 Å². The van der Waals surface area contributed by atoms with E-state index in [1.54, 1.807) is 6.92 Å². The number of rotatable bonds is 6. The minimum Gasteiger partial charge on any atom is -0.465 e. The van der Waals surface area contributed by atoms with E-state index in [-0.39, 0.29) is 26.0 Å². The van der Waals surface area contributed by atoms with Crippen LogP contribution in [0, 0.1) is 0 Å². The molecule has 1 fully saturated rings. The molecule has 1 aromatic heterocycles. The van der Waals surface area contributed by atoms with Crippen LogP contribution in [0.25, 0.3) is 10.9 Å². The van der Waals surface area contributed by atoms with Crippen molar-refractivity contribution in [2.45, 2.75) is 38.0 Å². The van der Waals surface area contributed by atoms with E-state index >= 15 is 0 Å². The van der Waals surface area contributed by atoms with E-state index in [1.165, 1.54) is 0 Å². The fourth-order valence-corrected chi connectivity index (χ4v) is 4.08. The highest BCUT2D eigenvalue weighted by atomic mass is 16.7. The van der Waals surface area contributed by atoms with Crippen LogP contribution in [-0.4, -0.2) is 30.3 Å². The molecule has 0 bridgehead atoms. The number of aromatic nitrogens is 1. The maximum atomic E-state index is 13.2. The van der Waals surface area contributed by atoms with Gasteiger partial charge >= 0.3 is 5.97 Å². The van der Waals surface area contributed by atoms with Gasteiger partial charge in [-0.1, -0.05) is 6.07 Å². The van der Waals surface area contributed by atoms with Crippen LogP contribution in [0.15, 0.2) is 42.5 Å². The first-order valence-corrected chi connectivity index (χ1v) is 10.5. The molecular formula is C24H26N2O5. The Kier molecular flexibility index (Phi) is 4.61. The molecule has 1 amide bonds. The van der Waals surface area contributed by atoms with Gasteiger partial charge in [-0.05, 0) is 68.7 Å². The molecule has 2 aliphatic rings. The number of amides is 1. The van der Waals surface area contributed by atoms with Gasteiger partial charge in [-0.25, -0.2) is 0 Å². The van der Waals surface area contributed by atoms with Crippen molar-refractivity contribution in [2.24, 2.45) is 0 Å². The van der Waals surface area contributed by atoms with E-state index in [0.29, 0.717) is 18.1 Å². The molecule has 1 aliphatic carbocycles. The summed E-state index contributed by atoms with van der Waals surface area (Å²) >= 11 is 0. The standard InChI is InChI=1S/C24H24N2O5.H2/c1-3-29-22(27)14(2)19-11-15-10-17(5-6-18(15)26-19)25-23(28)24(8-9-24)16-4-7-20-21(12-16)31-13-30-20;/h4-7,10-12,14,26H,3,8-9,13H2,1-2H3,(H,25,28);1H. The highest BCUT2D eigenvalue weighted by Crippen LogP contribution is 2.51. The van der Waals surface area contributed by atoms with Crippen LogP contribution < -0.4 is 14.8 Å². The Morgan fingerprint density at radius 1 is 1.16 bits per heavy atom. The maximum absolute atomic E-state index is 13.2. The summed E-state index contributed by atoms with van der Waals surface area (Å²) in [6.07, 6.45) is 1.60. The number of H-pyrrole nitrogens is 1. The molecule has 0 spiro atoms. The number of fused-ring (bicyclic) bond motifs is 2. The Balaban J connectivity index is 0.00000245. The van der Waals surface area contributed by atoms with E-state index in [0.717, 1.165) is 40.7 Å². The molecular weight excluding hydrogens is 396 g/mol. The lowest BCUT2D eigenvalue weighted by Crippen LogP contribution is -2.27. The lowest BCUT2D eigenvalue weighted by atomic mass is 9.94. The number of esters is 1. The van der Waals surface area contributed by atoms with Gasteiger partial charge in [0.25, 0.3) is 0 Å². The Morgan fingerprint density at radius 3 is 2.74 bits per heavy atom. The summed E-state index contributed by atoms with van der Waals surface area (Å²) < 4.78 is 16.0. The molecule has 2 N–H and O–H groups in total. The van der Waals surface area contributed by atoms with Gasteiger partial charge in [-0.2, -0.15) is 0 Å². The van der Waals surface area contributed by atoms with Gasteiger partial charge in [-0.15, -0.1) is 0 Å². The Morgan fingerprint density at radius 2 is 1.97 bits per heavy atom. The lowest BCUT2D eigenvalue weighted by molar-refractivity contribution is -0.144. The molecule has 162 valence electrons. The second kappa shape index (κ2) is 7.34. The molecule has 31 heavy (non-hydrogen) atoms. The predicted octanol–water partition coefficient (Wildman–Crippen LogP) is 4.48. The summed E-state index contributed by atoms with van der Waals surface area (Å²) in [4.78, 5) is 28.5. The zero-order valence-corrected chi connectivity index (χ0v) is 17.5. The SMILES string of the molecule is CCOC(=O)C(C)c1cc2cc(NC(=O)C3(c4ccc5c(c4)OCO5)CC3)ccc2[nH]1.[HH]. The number of carbonyl (C=O) groups excluding carboxylic acids is 2. The summed E-state index contributed by atoms with van der Waals surface area (Å²) in [7, 11) is 0. The fourth-order valence-electron chi connectivity index (χ4n) is 4.08. The number of anilines is 1. The zero-order valence-electron chi connectivity index (χ0n) is 17.5. The van der Waals surface area contributed by atoms with Gasteiger partial charge in [0.1, 0.15) is 0 Å². The van der Waals surface area contributed by atoms with Crippen molar-refractivity contribution in [3.63, 3.8) is 0 Å². The fraction of sp³-hybridized carbons (Fsp3) is 0.333. The van der Waals surface area contributed by atoms with E-state index in [4.69, 9.17) is 14.2 Å².